The highest BCUT2D eigenvalue weighted by Crippen LogP contribution is 2.70. The first-order chi connectivity index (χ1) is 10.2. The van der Waals surface area contributed by atoms with Crippen molar-refractivity contribution in [3.8, 4) is 0 Å². The Kier molecular flexibility index (Phi) is 3.48. The molecule has 0 aromatic rings. The third-order valence-corrected chi connectivity index (χ3v) is 8.62. The standard InChI is InChI=1S/C16H25NO4S/c1-11(5-7-18)8-14(19)17-13-9-12-4-6-16(13,15(12,2)3)10-22(17,20)21/h7,11-13H,4-6,8-10H2,1-3H3/t11-,12?,13-,16-/m1/s1. The van der Waals surface area contributed by atoms with Crippen LogP contribution in [0.5, 0.6) is 0 Å². The average molecular weight is 327 g/mol. The van der Waals surface area contributed by atoms with Gasteiger partial charge in [-0.2, -0.15) is 0 Å². The van der Waals surface area contributed by atoms with Gasteiger partial charge in [0.05, 0.1) is 11.8 Å². The summed E-state index contributed by atoms with van der Waals surface area (Å²) < 4.78 is 26.5. The third-order valence-electron chi connectivity index (χ3n) is 6.68. The van der Waals surface area contributed by atoms with Gasteiger partial charge in [0, 0.05) is 18.3 Å². The molecule has 2 aliphatic carbocycles. The number of nitrogens with zero attached hydrogens (tertiary/aromatic N) is 1. The Morgan fingerprint density at radius 3 is 2.68 bits per heavy atom. The minimum Gasteiger partial charge on any atom is -0.303 e. The molecule has 0 radical (unpaired) electrons. The summed E-state index contributed by atoms with van der Waals surface area (Å²) in [6, 6.07) is -0.165. The van der Waals surface area contributed by atoms with Crippen molar-refractivity contribution in [1.82, 2.24) is 4.31 Å². The number of rotatable bonds is 4. The first kappa shape index (κ1) is 16.0. The zero-order chi connectivity index (χ0) is 16.3. The summed E-state index contributed by atoms with van der Waals surface area (Å²) in [5, 5.41) is 0. The van der Waals surface area contributed by atoms with Crippen LogP contribution in [0.3, 0.4) is 0 Å². The smallest absolute Gasteiger partial charge is 0.238 e. The quantitative estimate of drug-likeness (QED) is 0.740. The monoisotopic (exact) mass is 327 g/mol. The maximum absolute atomic E-state index is 12.7. The van der Waals surface area contributed by atoms with Crippen LogP contribution in [0.25, 0.3) is 0 Å². The second-order valence-corrected chi connectivity index (χ2v) is 9.87. The van der Waals surface area contributed by atoms with Crippen LogP contribution in [-0.4, -0.2) is 36.7 Å². The number of sulfonamides is 1. The number of carbonyl (C=O) groups is 2. The van der Waals surface area contributed by atoms with E-state index in [2.05, 4.69) is 13.8 Å². The number of hydrogen-bond acceptors (Lipinski definition) is 4. The Balaban J connectivity index is 1.90. The second kappa shape index (κ2) is 4.79. The highest BCUT2D eigenvalue weighted by atomic mass is 32.2. The molecule has 0 aromatic carbocycles. The lowest BCUT2D eigenvalue weighted by Crippen LogP contribution is -2.44. The van der Waals surface area contributed by atoms with Crippen LogP contribution < -0.4 is 0 Å². The highest BCUT2D eigenvalue weighted by molar-refractivity contribution is 7.90. The molecule has 0 N–H and O–H groups in total. The minimum atomic E-state index is -3.53. The van der Waals surface area contributed by atoms with Gasteiger partial charge in [-0.05, 0) is 36.5 Å². The van der Waals surface area contributed by atoms with E-state index in [9.17, 15) is 18.0 Å². The molecule has 3 fully saturated rings. The van der Waals surface area contributed by atoms with Gasteiger partial charge in [0.1, 0.15) is 6.29 Å². The van der Waals surface area contributed by atoms with Gasteiger partial charge in [-0.15, -0.1) is 0 Å². The van der Waals surface area contributed by atoms with Crippen molar-refractivity contribution in [2.45, 2.75) is 58.9 Å². The normalized spacial score (nSPS) is 38.8. The van der Waals surface area contributed by atoms with Gasteiger partial charge in [-0.3, -0.25) is 4.79 Å². The van der Waals surface area contributed by atoms with E-state index in [-0.39, 0.29) is 40.9 Å². The lowest BCUT2D eigenvalue weighted by molar-refractivity contribution is -0.130. The molecule has 1 spiro atoms. The third kappa shape index (κ3) is 1.92. The molecule has 1 saturated heterocycles. The predicted molar refractivity (Wildman–Crippen MR) is 82.4 cm³/mol. The summed E-state index contributed by atoms with van der Waals surface area (Å²) in [5.41, 5.74) is -0.283. The Labute approximate surface area is 132 Å². The molecule has 1 unspecified atom stereocenters. The summed E-state index contributed by atoms with van der Waals surface area (Å²) >= 11 is 0. The Hall–Kier alpha value is -0.910. The second-order valence-electron chi connectivity index (χ2n) is 8.02. The van der Waals surface area contributed by atoms with E-state index in [1.807, 2.05) is 6.92 Å². The summed E-state index contributed by atoms with van der Waals surface area (Å²) in [7, 11) is -3.53. The fraction of sp³-hybridized carbons (Fsp3) is 0.875. The molecule has 1 heterocycles. The molecule has 2 bridgehead atoms. The van der Waals surface area contributed by atoms with Crippen molar-refractivity contribution in [3.05, 3.63) is 0 Å². The van der Waals surface area contributed by atoms with Crippen LogP contribution in [0.1, 0.15) is 52.9 Å². The van der Waals surface area contributed by atoms with E-state index in [0.717, 1.165) is 25.5 Å². The fourth-order valence-electron chi connectivity index (χ4n) is 5.25. The first-order valence-electron chi connectivity index (χ1n) is 8.14. The Bertz CT molecular complexity index is 612. The van der Waals surface area contributed by atoms with Gasteiger partial charge < -0.3 is 4.79 Å². The molecule has 6 heteroatoms. The predicted octanol–water partition coefficient (Wildman–Crippen LogP) is 1.97. The molecule has 1 amide bonds. The van der Waals surface area contributed by atoms with E-state index in [4.69, 9.17) is 0 Å². The average Bonchev–Trinajstić information content (AvgIpc) is 2.85. The topological polar surface area (TPSA) is 71.5 Å². The molecule has 1 aliphatic heterocycles. The molecule has 3 rings (SSSR count). The lowest BCUT2D eigenvalue weighted by Gasteiger charge is -2.37. The van der Waals surface area contributed by atoms with E-state index in [0.29, 0.717) is 12.3 Å². The van der Waals surface area contributed by atoms with E-state index in [1.54, 1.807) is 0 Å². The van der Waals surface area contributed by atoms with E-state index < -0.39 is 10.0 Å². The van der Waals surface area contributed by atoms with Crippen LogP contribution >= 0.6 is 0 Å². The maximum Gasteiger partial charge on any atom is 0.238 e. The number of carbonyl (C=O) groups excluding carboxylic acids is 2. The maximum atomic E-state index is 12.7. The molecule has 124 valence electrons. The molecule has 0 aromatic heterocycles. The lowest BCUT2D eigenvalue weighted by atomic mass is 9.69. The van der Waals surface area contributed by atoms with Gasteiger partial charge in [0.25, 0.3) is 0 Å². The van der Waals surface area contributed by atoms with Crippen LogP contribution in [0.15, 0.2) is 0 Å². The SMILES string of the molecule is C[C@H](CC=O)CC(=O)N1[C@@H]2CC3CC[C@]2(CS1(=O)=O)C3(C)C. The number of aldehydes is 1. The molecular weight excluding hydrogens is 302 g/mol. The van der Waals surface area contributed by atoms with Crippen LogP contribution in [0, 0.1) is 22.7 Å². The summed E-state index contributed by atoms with van der Waals surface area (Å²) in [6.07, 6.45) is 4.00. The summed E-state index contributed by atoms with van der Waals surface area (Å²) in [4.78, 5) is 23.2. The summed E-state index contributed by atoms with van der Waals surface area (Å²) in [5.74, 6) is 0.195. The Morgan fingerprint density at radius 2 is 2.09 bits per heavy atom. The van der Waals surface area contributed by atoms with Crippen LogP contribution in [0.4, 0.5) is 0 Å². The zero-order valence-corrected chi connectivity index (χ0v) is 14.4. The molecule has 22 heavy (non-hydrogen) atoms. The van der Waals surface area contributed by atoms with Crippen molar-refractivity contribution in [3.63, 3.8) is 0 Å². The van der Waals surface area contributed by atoms with Crippen molar-refractivity contribution >= 4 is 22.2 Å². The number of amides is 1. The zero-order valence-electron chi connectivity index (χ0n) is 13.5. The number of fused-ring (bicyclic) bond motifs is 1. The van der Waals surface area contributed by atoms with Crippen molar-refractivity contribution in [2.24, 2.45) is 22.7 Å². The van der Waals surface area contributed by atoms with Crippen molar-refractivity contribution in [2.75, 3.05) is 5.75 Å². The fourth-order valence-corrected chi connectivity index (χ4v) is 7.81. The number of hydrogen-bond donors (Lipinski definition) is 0. The van der Waals surface area contributed by atoms with Crippen LogP contribution in [-0.2, 0) is 19.6 Å². The molecule has 5 nitrogen and oxygen atoms in total. The van der Waals surface area contributed by atoms with Crippen molar-refractivity contribution in [1.29, 1.82) is 0 Å². The summed E-state index contributed by atoms with van der Waals surface area (Å²) in [6.45, 7) is 6.15. The van der Waals surface area contributed by atoms with Gasteiger partial charge in [0.2, 0.25) is 15.9 Å². The largest absolute Gasteiger partial charge is 0.303 e. The van der Waals surface area contributed by atoms with Gasteiger partial charge in [-0.25, -0.2) is 12.7 Å². The molecular formula is C16H25NO4S. The molecule has 4 atom stereocenters. The van der Waals surface area contributed by atoms with Gasteiger partial charge in [0.15, 0.2) is 0 Å². The van der Waals surface area contributed by atoms with Crippen molar-refractivity contribution < 1.29 is 18.0 Å². The highest BCUT2D eigenvalue weighted by Gasteiger charge is 2.72. The van der Waals surface area contributed by atoms with Gasteiger partial charge >= 0.3 is 0 Å². The van der Waals surface area contributed by atoms with Gasteiger partial charge in [-0.1, -0.05) is 20.8 Å². The van der Waals surface area contributed by atoms with Crippen LogP contribution in [0.2, 0.25) is 0 Å². The van der Waals surface area contributed by atoms with E-state index >= 15 is 0 Å². The first-order valence-corrected chi connectivity index (χ1v) is 9.75. The Morgan fingerprint density at radius 1 is 1.41 bits per heavy atom. The molecule has 2 saturated carbocycles. The minimum absolute atomic E-state index is 0.0197. The molecule has 3 aliphatic rings. The van der Waals surface area contributed by atoms with E-state index in [1.165, 1.54) is 4.31 Å².